The van der Waals surface area contributed by atoms with Crippen molar-refractivity contribution in [2.75, 3.05) is 0 Å². The van der Waals surface area contributed by atoms with Gasteiger partial charge in [-0.15, -0.1) is 9.36 Å². The topological polar surface area (TPSA) is 8.81 Å². The van der Waals surface area contributed by atoms with E-state index in [1.54, 1.807) is 0 Å². The van der Waals surface area contributed by atoms with Gasteiger partial charge in [-0.25, -0.2) is 0 Å². The Morgan fingerprint density at radius 2 is 1.23 bits per heavy atom. The van der Waals surface area contributed by atoms with Crippen molar-refractivity contribution in [1.29, 1.82) is 0 Å². The lowest BCUT2D eigenvalue weighted by atomic mass is 9.89. The van der Waals surface area contributed by atoms with E-state index in [0.717, 1.165) is 0 Å². The lowest BCUT2D eigenvalue weighted by Gasteiger charge is -2.17. The molecule has 2 nitrogen and oxygen atoms in total. The Morgan fingerprint density at radius 1 is 0.633 bits per heavy atom. The number of nitrogens with zero attached hydrogens (tertiary/aromatic N) is 2. The fourth-order valence-corrected chi connectivity index (χ4v) is 4.62. The van der Waals surface area contributed by atoms with Crippen LogP contribution < -0.4 is 4.68 Å². The Labute approximate surface area is 180 Å². The van der Waals surface area contributed by atoms with E-state index in [1.165, 1.54) is 61.6 Å². The Bertz CT molecular complexity index is 1220. The molecule has 0 aliphatic rings. The minimum Gasteiger partial charge on any atom is -0.125 e. The normalized spacial score (nSPS) is 11.2. The second kappa shape index (κ2) is 7.60. The maximum Gasteiger partial charge on any atom is 0.205 e. The minimum absolute atomic E-state index is 1.25. The van der Waals surface area contributed by atoms with Crippen molar-refractivity contribution in [3.8, 4) is 27.9 Å². The van der Waals surface area contributed by atoms with Crippen molar-refractivity contribution in [1.82, 2.24) is 4.68 Å². The highest BCUT2D eigenvalue weighted by Gasteiger charge is 2.20. The molecule has 0 N–H and O–H groups in total. The van der Waals surface area contributed by atoms with E-state index in [4.69, 9.17) is 0 Å². The molecule has 0 atom stereocenters. The quantitative estimate of drug-likeness (QED) is 0.351. The SMILES string of the molecule is Cc1cc(-c2c(C)cc(-c3ccccc3)cc2C)cc(-n2c(C)cc(C)[n+]2C)c1C. The summed E-state index contributed by atoms with van der Waals surface area (Å²) in [6.07, 6.45) is 0. The summed E-state index contributed by atoms with van der Waals surface area (Å²) in [6.45, 7) is 13.2. The maximum absolute atomic E-state index is 2.35. The molecule has 0 spiro atoms. The molecule has 0 amide bonds. The fraction of sp³-hybridized carbons (Fsp3) is 0.250. The zero-order valence-electron chi connectivity index (χ0n) is 19.2. The summed E-state index contributed by atoms with van der Waals surface area (Å²) in [6, 6.07) is 22.2. The molecule has 1 heterocycles. The third kappa shape index (κ3) is 3.37. The van der Waals surface area contributed by atoms with E-state index in [0.29, 0.717) is 0 Å². The van der Waals surface area contributed by atoms with Crippen LogP contribution in [0.5, 0.6) is 0 Å². The molecule has 0 aliphatic heterocycles. The summed E-state index contributed by atoms with van der Waals surface area (Å²) in [7, 11) is 2.13. The van der Waals surface area contributed by atoms with Crippen LogP contribution in [0.4, 0.5) is 0 Å². The summed E-state index contributed by atoms with van der Waals surface area (Å²) in [5.74, 6) is 0. The van der Waals surface area contributed by atoms with E-state index < -0.39 is 0 Å². The molecule has 0 radical (unpaired) electrons. The molecule has 152 valence electrons. The second-order valence-electron chi connectivity index (χ2n) is 8.55. The van der Waals surface area contributed by atoms with Gasteiger partial charge in [-0.05, 0) is 85.2 Å². The number of hydrogen-bond acceptors (Lipinski definition) is 0. The van der Waals surface area contributed by atoms with E-state index in [-0.39, 0.29) is 0 Å². The standard InChI is InChI=1S/C28H31N2/c1-18-13-26(17-27(23(18)6)30-22(5)16-21(4)29(30)7)28-19(2)14-25(15-20(28)3)24-11-9-8-10-12-24/h8-17H,1-7H3/q+1. The molecule has 0 aliphatic carbocycles. The van der Waals surface area contributed by atoms with Crippen LogP contribution in [0.25, 0.3) is 27.9 Å². The first-order valence-electron chi connectivity index (χ1n) is 10.6. The number of aromatic nitrogens is 2. The lowest BCUT2D eigenvalue weighted by molar-refractivity contribution is -0.749. The van der Waals surface area contributed by atoms with Gasteiger partial charge in [0.05, 0.1) is 5.69 Å². The van der Waals surface area contributed by atoms with Gasteiger partial charge in [-0.3, -0.25) is 0 Å². The Kier molecular flexibility index (Phi) is 5.11. The van der Waals surface area contributed by atoms with Gasteiger partial charge in [-0.2, -0.15) is 0 Å². The van der Waals surface area contributed by atoms with Crippen LogP contribution in [0, 0.1) is 41.5 Å². The summed E-state index contributed by atoms with van der Waals surface area (Å²) >= 11 is 0. The first-order valence-corrected chi connectivity index (χ1v) is 10.6. The van der Waals surface area contributed by atoms with Crippen LogP contribution >= 0.6 is 0 Å². The zero-order valence-corrected chi connectivity index (χ0v) is 19.2. The Morgan fingerprint density at radius 3 is 1.80 bits per heavy atom. The molecule has 0 saturated carbocycles. The highest BCUT2D eigenvalue weighted by Crippen LogP contribution is 2.35. The minimum atomic E-state index is 1.25. The Hall–Kier alpha value is -3.13. The third-order valence-corrected chi connectivity index (χ3v) is 6.36. The van der Waals surface area contributed by atoms with Gasteiger partial charge in [0.15, 0.2) is 7.05 Å². The number of rotatable bonds is 3. The predicted octanol–water partition coefficient (Wildman–Crippen LogP) is 6.49. The zero-order chi connectivity index (χ0) is 21.6. The van der Waals surface area contributed by atoms with Crippen molar-refractivity contribution >= 4 is 0 Å². The molecule has 0 unspecified atom stereocenters. The lowest BCUT2D eigenvalue weighted by Crippen LogP contribution is -2.40. The molecule has 0 bridgehead atoms. The van der Waals surface area contributed by atoms with E-state index in [2.05, 4.69) is 119 Å². The third-order valence-electron chi connectivity index (χ3n) is 6.36. The van der Waals surface area contributed by atoms with Crippen LogP contribution in [-0.2, 0) is 7.05 Å². The molecule has 3 aromatic carbocycles. The smallest absolute Gasteiger partial charge is 0.125 e. The van der Waals surface area contributed by atoms with E-state index in [9.17, 15) is 0 Å². The average molecular weight is 396 g/mol. The fourth-order valence-electron chi connectivity index (χ4n) is 4.62. The first kappa shape index (κ1) is 20.2. The van der Waals surface area contributed by atoms with Crippen LogP contribution in [-0.4, -0.2) is 4.68 Å². The van der Waals surface area contributed by atoms with E-state index in [1.807, 2.05) is 0 Å². The average Bonchev–Trinajstić information content (AvgIpc) is 2.96. The van der Waals surface area contributed by atoms with Crippen LogP contribution in [0.2, 0.25) is 0 Å². The van der Waals surface area contributed by atoms with Gasteiger partial charge in [0.1, 0.15) is 5.69 Å². The summed E-state index contributed by atoms with van der Waals surface area (Å²) in [4.78, 5) is 0. The van der Waals surface area contributed by atoms with Gasteiger partial charge in [0.2, 0.25) is 5.69 Å². The van der Waals surface area contributed by atoms with Gasteiger partial charge < -0.3 is 0 Å². The maximum atomic E-state index is 2.35. The predicted molar refractivity (Wildman–Crippen MR) is 126 cm³/mol. The van der Waals surface area contributed by atoms with Crippen LogP contribution in [0.15, 0.2) is 60.7 Å². The molecule has 30 heavy (non-hydrogen) atoms. The monoisotopic (exact) mass is 395 g/mol. The summed E-state index contributed by atoms with van der Waals surface area (Å²) in [5, 5.41) is 0. The molecule has 1 aromatic heterocycles. The second-order valence-corrected chi connectivity index (χ2v) is 8.55. The van der Waals surface area contributed by atoms with Crippen LogP contribution in [0.3, 0.4) is 0 Å². The van der Waals surface area contributed by atoms with E-state index >= 15 is 0 Å². The largest absolute Gasteiger partial charge is 0.205 e. The molecular weight excluding hydrogens is 364 g/mol. The number of aryl methyl sites for hydroxylation is 5. The number of benzene rings is 3. The highest BCUT2D eigenvalue weighted by atomic mass is 15.4. The van der Waals surface area contributed by atoms with Crippen molar-refractivity contribution in [2.24, 2.45) is 7.05 Å². The van der Waals surface area contributed by atoms with Crippen molar-refractivity contribution in [3.05, 3.63) is 94.3 Å². The molecule has 4 aromatic rings. The molecule has 4 rings (SSSR count). The molecule has 2 heteroatoms. The number of hydrogen-bond donors (Lipinski definition) is 0. The highest BCUT2D eigenvalue weighted by molar-refractivity contribution is 5.78. The molecule has 0 saturated heterocycles. The summed E-state index contributed by atoms with van der Waals surface area (Å²) < 4.78 is 4.56. The van der Waals surface area contributed by atoms with Crippen molar-refractivity contribution in [3.63, 3.8) is 0 Å². The van der Waals surface area contributed by atoms with Gasteiger partial charge in [0, 0.05) is 13.0 Å². The first-order chi connectivity index (χ1) is 14.3. The van der Waals surface area contributed by atoms with Gasteiger partial charge in [0.25, 0.3) is 0 Å². The molecular formula is C28H31N2+. The van der Waals surface area contributed by atoms with Gasteiger partial charge >= 0.3 is 0 Å². The van der Waals surface area contributed by atoms with Crippen LogP contribution in [0.1, 0.15) is 33.6 Å². The summed E-state index contributed by atoms with van der Waals surface area (Å²) in [5.41, 5.74) is 14.2. The van der Waals surface area contributed by atoms with Gasteiger partial charge in [-0.1, -0.05) is 48.5 Å². The van der Waals surface area contributed by atoms with Crippen molar-refractivity contribution in [2.45, 2.75) is 41.5 Å². The molecule has 0 fully saturated rings. The Balaban J connectivity index is 1.91. The van der Waals surface area contributed by atoms with Crippen molar-refractivity contribution < 1.29 is 4.68 Å².